The molecule has 1 N–H and O–H groups in total. The van der Waals surface area contributed by atoms with Crippen molar-refractivity contribution < 1.29 is 9.72 Å². The number of nitro benzene ring substituents is 1. The van der Waals surface area contributed by atoms with Gasteiger partial charge in [-0.15, -0.1) is 0 Å². The van der Waals surface area contributed by atoms with Gasteiger partial charge >= 0.3 is 0 Å². The molecule has 2 rings (SSSR count). The summed E-state index contributed by atoms with van der Waals surface area (Å²) in [4.78, 5) is 22.8. The summed E-state index contributed by atoms with van der Waals surface area (Å²) in [6.45, 7) is 3.63. The average Bonchev–Trinajstić information content (AvgIpc) is 2.53. The van der Waals surface area contributed by atoms with Crippen molar-refractivity contribution in [3.8, 4) is 0 Å². The predicted octanol–water partition coefficient (Wildman–Crippen LogP) is 3.78. The Morgan fingerprint density at radius 1 is 1.23 bits per heavy atom. The molecular weight excluding hydrogens is 280 g/mol. The molecule has 114 valence electrons. The number of benzene rings is 2. The highest BCUT2D eigenvalue weighted by Gasteiger charge is 2.17. The second-order valence-electron chi connectivity index (χ2n) is 5.10. The molecule has 22 heavy (non-hydrogen) atoms. The Kier molecular flexibility index (Phi) is 4.88. The van der Waals surface area contributed by atoms with Gasteiger partial charge in [-0.25, -0.2) is 0 Å². The molecule has 1 amide bonds. The van der Waals surface area contributed by atoms with Gasteiger partial charge in [0.25, 0.3) is 11.6 Å². The Labute approximate surface area is 129 Å². The highest BCUT2D eigenvalue weighted by atomic mass is 16.6. The number of aryl methyl sites for hydroxylation is 1. The molecule has 2 aromatic rings. The molecular formula is C17H18N2O3. The first kappa shape index (κ1) is 15.7. The standard InChI is InChI=1S/C17H18N2O3/c1-3-15(13-7-5-4-6-8-13)18-17(20)14-10-9-12(2)16(11-14)19(21)22/h4-11,15H,3H2,1-2H3,(H,18,20)/t15-/m1/s1. The van der Waals surface area contributed by atoms with Gasteiger partial charge in [0.1, 0.15) is 0 Å². The van der Waals surface area contributed by atoms with E-state index < -0.39 is 4.92 Å². The Morgan fingerprint density at radius 3 is 2.50 bits per heavy atom. The third kappa shape index (κ3) is 3.49. The number of carbonyl (C=O) groups is 1. The van der Waals surface area contributed by atoms with Crippen LogP contribution in [-0.4, -0.2) is 10.8 Å². The summed E-state index contributed by atoms with van der Waals surface area (Å²) in [5.41, 5.74) is 1.81. The highest BCUT2D eigenvalue weighted by Crippen LogP contribution is 2.21. The normalized spacial score (nSPS) is 11.7. The van der Waals surface area contributed by atoms with Crippen LogP contribution in [0, 0.1) is 17.0 Å². The Bertz CT molecular complexity index is 684. The van der Waals surface area contributed by atoms with Crippen molar-refractivity contribution in [3.05, 3.63) is 75.3 Å². The van der Waals surface area contributed by atoms with Gasteiger partial charge in [0.2, 0.25) is 0 Å². The molecule has 5 nitrogen and oxygen atoms in total. The molecule has 0 aliphatic rings. The minimum Gasteiger partial charge on any atom is -0.345 e. The molecule has 0 unspecified atom stereocenters. The van der Waals surface area contributed by atoms with Crippen LogP contribution in [0.3, 0.4) is 0 Å². The summed E-state index contributed by atoms with van der Waals surface area (Å²) in [6, 6.07) is 14.1. The van der Waals surface area contributed by atoms with E-state index >= 15 is 0 Å². The van der Waals surface area contributed by atoms with Gasteiger partial charge < -0.3 is 5.32 Å². The van der Waals surface area contributed by atoms with E-state index in [1.807, 2.05) is 37.3 Å². The van der Waals surface area contributed by atoms with Crippen molar-refractivity contribution in [2.75, 3.05) is 0 Å². The fraction of sp³-hybridized carbons (Fsp3) is 0.235. The second kappa shape index (κ2) is 6.85. The van der Waals surface area contributed by atoms with E-state index in [9.17, 15) is 14.9 Å². The third-order valence-electron chi connectivity index (χ3n) is 3.58. The lowest BCUT2D eigenvalue weighted by Gasteiger charge is -2.17. The van der Waals surface area contributed by atoms with Gasteiger partial charge in [-0.1, -0.05) is 43.3 Å². The minimum absolute atomic E-state index is 0.0413. The van der Waals surface area contributed by atoms with Crippen molar-refractivity contribution in [1.82, 2.24) is 5.32 Å². The van der Waals surface area contributed by atoms with Crippen LogP contribution < -0.4 is 5.32 Å². The minimum atomic E-state index is -0.472. The highest BCUT2D eigenvalue weighted by molar-refractivity contribution is 5.95. The lowest BCUT2D eigenvalue weighted by molar-refractivity contribution is -0.385. The van der Waals surface area contributed by atoms with Crippen LogP contribution in [0.2, 0.25) is 0 Å². The molecule has 0 heterocycles. The number of rotatable bonds is 5. The van der Waals surface area contributed by atoms with Gasteiger partial charge in [-0.2, -0.15) is 0 Å². The maximum absolute atomic E-state index is 12.3. The first-order valence-corrected chi connectivity index (χ1v) is 7.13. The van der Waals surface area contributed by atoms with Crippen LogP contribution in [0.1, 0.15) is 40.9 Å². The van der Waals surface area contributed by atoms with E-state index in [-0.39, 0.29) is 17.6 Å². The molecule has 0 saturated heterocycles. The number of carbonyl (C=O) groups excluding carboxylic acids is 1. The number of hydrogen-bond donors (Lipinski definition) is 1. The predicted molar refractivity (Wildman–Crippen MR) is 84.8 cm³/mol. The zero-order valence-electron chi connectivity index (χ0n) is 12.6. The van der Waals surface area contributed by atoms with Crippen molar-refractivity contribution >= 4 is 11.6 Å². The first-order chi connectivity index (χ1) is 10.5. The van der Waals surface area contributed by atoms with Crippen LogP contribution >= 0.6 is 0 Å². The van der Waals surface area contributed by atoms with E-state index in [2.05, 4.69) is 5.32 Å². The Hall–Kier alpha value is -2.69. The number of nitrogens with one attached hydrogen (secondary N) is 1. The maximum Gasteiger partial charge on any atom is 0.273 e. The Morgan fingerprint density at radius 2 is 1.91 bits per heavy atom. The molecule has 1 atom stereocenters. The maximum atomic E-state index is 12.3. The lowest BCUT2D eigenvalue weighted by atomic mass is 10.0. The van der Waals surface area contributed by atoms with Crippen molar-refractivity contribution in [2.24, 2.45) is 0 Å². The van der Waals surface area contributed by atoms with Gasteiger partial charge in [0.15, 0.2) is 0 Å². The number of nitrogens with zero attached hydrogens (tertiary/aromatic N) is 1. The van der Waals surface area contributed by atoms with Gasteiger partial charge in [-0.05, 0) is 25.0 Å². The monoisotopic (exact) mass is 298 g/mol. The largest absolute Gasteiger partial charge is 0.345 e. The van der Waals surface area contributed by atoms with Gasteiger partial charge in [0, 0.05) is 17.2 Å². The molecule has 0 aliphatic carbocycles. The Balaban J connectivity index is 2.21. The number of amides is 1. The fourth-order valence-corrected chi connectivity index (χ4v) is 2.30. The van der Waals surface area contributed by atoms with E-state index in [4.69, 9.17) is 0 Å². The van der Waals surface area contributed by atoms with Crippen LogP contribution in [-0.2, 0) is 0 Å². The summed E-state index contributed by atoms with van der Waals surface area (Å²) in [6.07, 6.45) is 0.740. The summed E-state index contributed by atoms with van der Waals surface area (Å²) >= 11 is 0. The number of nitro groups is 1. The molecule has 0 fully saturated rings. The van der Waals surface area contributed by atoms with E-state index in [1.54, 1.807) is 19.1 Å². The molecule has 0 saturated carbocycles. The van der Waals surface area contributed by atoms with E-state index in [0.717, 1.165) is 12.0 Å². The van der Waals surface area contributed by atoms with Crippen molar-refractivity contribution in [3.63, 3.8) is 0 Å². The summed E-state index contributed by atoms with van der Waals surface area (Å²) < 4.78 is 0. The van der Waals surface area contributed by atoms with Crippen LogP contribution in [0.25, 0.3) is 0 Å². The zero-order chi connectivity index (χ0) is 16.1. The fourth-order valence-electron chi connectivity index (χ4n) is 2.30. The van der Waals surface area contributed by atoms with Crippen LogP contribution in [0.15, 0.2) is 48.5 Å². The van der Waals surface area contributed by atoms with Crippen molar-refractivity contribution in [1.29, 1.82) is 0 Å². The smallest absolute Gasteiger partial charge is 0.273 e. The molecule has 0 radical (unpaired) electrons. The van der Waals surface area contributed by atoms with Crippen LogP contribution in [0.4, 0.5) is 5.69 Å². The quantitative estimate of drug-likeness (QED) is 0.674. The molecule has 0 bridgehead atoms. The molecule has 0 aromatic heterocycles. The van der Waals surface area contributed by atoms with Crippen molar-refractivity contribution in [2.45, 2.75) is 26.3 Å². The third-order valence-corrected chi connectivity index (χ3v) is 3.58. The molecule has 5 heteroatoms. The molecule has 0 aliphatic heterocycles. The second-order valence-corrected chi connectivity index (χ2v) is 5.10. The SMILES string of the molecule is CC[C@@H](NC(=O)c1ccc(C)c([N+](=O)[O-])c1)c1ccccc1. The molecule has 0 spiro atoms. The van der Waals surface area contributed by atoms with Crippen LogP contribution in [0.5, 0.6) is 0 Å². The topological polar surface area (TPSA) is 72.2 Å². The summed E-state index contributed by atoms with van der Waals surface area (Å²) in [5, 5.41) is 13.9. The van der Waals surface area contributed by atoms with E-state index in [1.165, 1.54) is 6.07 Å². The van der Waals surface area contributed by atoms with Gasteiger partial charge in [-0.3, -0.25) is 14.9 Å². The first-order valence-electron chi connectivity index (χ1n) is 7.13. The summed E-state index contributed by atoms with van der Waals surface area (Å²) in [7, 11) is 0. The molecule has 2 aromatic carbocycles. The number of hydrogen-bond acceptors (Lipinski definition) is 3. The summed E-state index contributed by atoms with van der Waals surface area (Å²) in [5.74, 6) is -0.307. The average molecular weight is 298 g/mol. The lowest BCUT2D eigenvalue weighted by Crippen LogP contribution is -2.28. The van der Waals surface area contributed by atoms with Gasteiger partial charge in [0.05, 0.1) is 11.0 Å². The zero-order valence-corrected chi connectivity index (χ0v) is 12.6. The van der Waals surface area contributed by atoms with E-state index in [0.29, 0.717) is 11.1 Å².